The molecule has 0 aromatic rings. The fraction of sp³-hybridized carbons (Fsp3) is 1.00. The third-order valence-corrected chi connectivity index (χ3v) is 2.28. The SMILES string of the molecule is NCCNC(CN)(CCN)CCN. The lowest BCUT2D eigenvalue weighted by Gasteiger charge is -2.33. The predicted molar refractivity (Wildman–Crippen MR) is 56.2 cm³/mol. The molecule has 0 unspecified atom stereocenters. The summed E-state index contributed by atoms with van der Waals surface area (Å²) in [6.07, 6.45) is 1.70. The van der Waals surface area contributed by atoms with Gasteiger partial charge < -0.3 is 28.3 Å². The van der Waals surface area contributed by atoms with Crippen LogP contribution in [0.25, 0.3) is 0 Å². The lowest BCUT2D eigenvalue weighted by molar-refractivity contribution is 0.300. The Labute approximate surface area is 80.2 Å². The second-order valence-corrected chi connectivity index (χ2v) is 3.28. The number of rotatable bonds is 8. The van der Waals surface area contributed by atoms with Crippen molar-refractivity contribution >= 4 is 0 Å². The van der Waals surface area contributed by atoms with Crippen LogP contribution in [0.2, 0.25) is 0 Å². The highest BCUT2D eigenvalue weighted by atomic mass is 15.0. The normalized spacial score (nSPS) is 12.0. The summed E-state index contributed by atoms with van der Waals surface area (Å²) >= 11 is 0. The minimum absolute atomic E-state index is 0.108. The molecule has 0 aliphatic carbocycles. The van der Waals surface area contributed by atoms with Crippen LogP contribution < -0.4 is 28.3 Å². The molecule has 0 atom stereocenters. The van der Waals surface area contributed by atoms with E-state index < -0.39 is 0 Å². The van der Waals surface area contributed by atoms with Gasteiger partial charge in [0.1, 0.15) is 0 Å². The van der Waals surface area contributed by atoms with E-state index in [9.17, 15) is 0 Å². The van der Waals surface area contributed by atoms with Gasteiger partial charge in [-0.05, 0) is 25.9 Å². The minimum atomic E-state index is -0.108. The number of hydrogen-bond acceptors (Lipinski definition) is 5. The van der Waals surface area contributed by atoms with Gasteiger partial charge in [0.25, 0.3) is 0 Å². The van der Waals surface area contributed by atoms with E-state index in [1.807, 2.05) is 0 Å². The monoisotopic (exact) mass is 189 g/mol. The van der Waals surface area contributed by atoms with Crippen LogP contribution in [0, 0.1) is 0 Å². The Morgan fingerprint density at radius 2 is 1.38 bits per heavy atom. The molecule has 0 aliphatic rings. The Morgan fingerprint density at radius 3 is 1.69 bits per heavy atom. The van der Waals surface area contributed by atoms with Gasteiger partial charge in [-0.25, -0.2) is 0 Å². The van der Waals surface area contributed by atoms with Gasteiger partial charge in [0.2, 0.25) is 0 Å². The largest absolute Gasteiger partial charge is 0.330 e. The van der Waals surface area contributed by atoms with E-state index in [0.717, 1.165) is 19.4 Å². The summed E-state index contributed by atoms with van der Waals surface area (Å²) in [7, 11) is 0. The van der Waals surface area contributed by atoms with E-state index in [0.29, 0.717) is 26.2 Å². The van der Waals surface area contributed by atoms with E-state index in [-0.39, 0.29) is 5.54 Å². The molecule has 80 valence electrons. The van der Waals surface area contributed by atoms with E-state index in [2.05, 4.69) is 5.32 Å². The van der Waals surface area contributed by atoms with Crippen molar-refractivity contribution in [1.82, 2.24) is 5.32 Å². The van der Waals surface area contributed by atoms with E-state index >= 15 is 0 Å². The first-order chi connectivity index (χ1) is 6.24. The summed E-state index contributed by atoms with van der Waals surface area (Å²) in [6.45, 7) is 3.17. The van der Waals surface area contributed by atoms with Crippen molar-refractivity contribution in [3.05, 3.63) is 0 Å². The lowest BCUT2D eigenvalue weighted by Crippen LogP contribution is -2.54. The van der Waals surface area contributed by atoms with Crippen LogP contribution in [0.15, 0.2) is 0 Å². The van der Waals surface area contributed by atoms with Crippen molar-refractivity contribution in [2.45, 2.75) is 18.4 Å². The molecule has 0 heterocycles. The Kier molecular flexibility index (Phi) is 7.12. The summed E-state index contributed by atoms with van der Waals surface area (Å²) in [5.41, 5.74) is 22.1. The molecule has 0 fully saturated rings. The average molecular weight is 189 g/mol. The molecule has 0 radical (unpaired) electrons. The third-order valence-electron chi connectivity index (χ3n) is 2.28. The molecular weight excluding hydrogens is 166 g/mol. The highest BCUT2D eigenvalue weighted by molar-refractivity contribution is 4.89. The van der Waals surface area contributed by atoms with Crippen molar-refractivity contribution < 1.29 is 0 Å². The van der Waals surface area contributed by atoms with E-state index in [1.165, 1.54) is 0 Å². The van der Waals surface area contributed by atoms with Crippen LogP contribution in [-0.4, -0.2) is 38.3 Å². The van der Waals surface area contributed by atoms with Crippen molar-refractivity contribution in [3.8, 4) is 0 Å². The summed E-state index contributed by atoms with van der Waals surface area (Å²) < 4.78 is 0. The molecule has 0 amide bonds. The molecule has 0 spiro atoms. The number of nitrogens with one attached hydrogen (secondary N) is 1. The van der Waals surface area contributed by atoms with Gasteiger partial charge in [-0.1, -0.05) is 0 Å². The first kappa shape index (κ1) is 12.8. The average Bonchev–Trinajstić information content (AvgIpc) is 2.15. The van der Waals surface area contributed by atoms with Gasteiger partial charge in [0, 0.05) is 25.2 Å². The smallest absolute Gasteiger partial charge is 0.0328 e. The molecule has 5 nitrogen and oxygen atoms in total. The highest BCUT2D eigenvalue weighted by Crippen LogP contribution is 2.11. The van der Waals surface area contributed by atoms with Gasteiger partial charge in [-0.3, -0.25) is 0 Å². The molecule has 13 heavy (non-hydrogen) atoms. The van der Waals surface area contributed by atoms with Gasteiger partial charge >= 0.3 is 0 Å². The zero-order valence-electron chi connectivity index (χ0n) is 8.26. The van der Waals surface area contributed by atoms with E-state index in [4.69, 9.17) is 22.9 Å². The van der Waals surface area contributed by atoms with Crippen molar-refractivity contribution in [3.63, 3.8) is 0 Å². The van der Waals surface area contributed by atoms with Crippen LogP contribution >= 0.6 is 0 Å². The fourth-order valence-corrected chi connectivity index (χ4v) is 1.47. The predicted octanol–water partition coefficient (Wildman–Crippen LogP) is -2.07. The standard InChI is InChI=1S/C8H23N5/c9-3-1-8(7-12,2-4-10)13-6-5-11/h13H,1-7,9-12H2. The summed E-state index contributed by atoms with van der Waals surface area (Å²) in [6, 6.07) is 0. The molecular formula is C8H23N5. The maximum absolute atomic E-state index is 5.71. The van der Waals surface area contributed by atoms with Gasteiger partial charge in [0.05, 0.1) is 0 Å². The van der Waals surface area contributed by atoms with Crippen LogP contribution in [0.4, 0.5) is 0 Å². The van der Waals surface area contributed by atoms with Crippen LogP contribution in [0.5, 0.6) is 0 Å². The molecule has 0 aliphatic heterocycles. The topological polar surface area (TPSA) is 116 Å². The van der Waals surface area contributed by atoms with Crippen LogP contribution in [0.1, 0.15) is 12.8 Å². The molecule has 0 bridgehead atoms. The maximum Gasteiger partial charge on any atom is 0.0328 e. The zero-order valence-corrected chi connectivity index (χ0v) is 8.26. The summed E-state index contributed by atoms with van der Waals surface area (Å²) in [5.74, 6) is 0. The molecule has 0 saturated carbocycles. The minimum Gasteiger partial charge on any atom is -0.330 e. The second kappa shape index (κ2) is 7.23. The molecule has 0 rings (SSSR count). The quantitative estimate of drug-likeness (QED) is 0.301. The summed E-state index contributed by atoms with van der Waals surface area (Å²) in [5, 5.41) is 3.32. The van der Waals surface area contributed by atoms with Crippen molar-refractivity contribution in [2.24, 2.45) is 22.9 Å². The zero-order chi connectivity index (χ0) is 10.2. The van der Waals surface area contributed by atoms with Gasteiger partial charge in [0.15, 0.2) is 0 Å². The Morgan fingerprint density at radius 1 is 0.846 bits per heavy atom. The first-order valence-electron chi connectivity index (χ1n) is 4.80. The first-order valence-corrected chi connectivity index (χ1v) is 4.80. The van der Waals surface area contributed by atoms with E-state index in [1.54, 1.807) is 0 Å². The van der Waals surface area contributed by atoms with Gasteiger partial charge in [-0.2, -0.15) is 0 Å². The molecule has 0 aromatic heterocycles. The number of hydrogen-bond donors (Lipinski definition) is 5. The maximum atomic E-state index is 5.71. The Balaban J connectivity index is 4.07. The van der Waals surface area contributed by atoms with Crippen molar-refractivity contribution in [1.29, 1.82) is 0 Å². The highest BCUT2D eigenvalue weighted by Gasteiger charge is 2.25. The second-order valence-electron chi connectivity index (χ2n) is 3.28. The fourth-order valence-electron chi connectivity index (χ4n) is 1.47. The third kappa shape index (κ3) is 4.54. The molecule has 5 heteroatoms. The number of nitrogens with two attached hydrogens (primary N) is 4. The van der Waals surface area contributed by atoms with Crippen LogP contribution in [-0.2, 0) is 0 Å². The molecule has 0 saturated heterocycles. The molecule has 9 N–H and O–H groups in total. The Hall–Kier alpha value is -0.200. The lowest BCUT2D eigenvalue weighted by atomic mass is 9.91. The van der Waals surface area contributed by atoms with Crippen molar-refractivity contribution in [2.75, 3.05) is 32.7 Å². The van der Waals surface area contributed by atoms with Gasteiger partial charge in [-0.15, -0.1) is 0 Å². The van der Waals surface area contributed by atoms with Crippen LogP contribution in [0.3, 0.4) is 0 Å². The molecule has 0 aromatic carbocycles. The summed E-state index contributed by atoms with van der Waals surface area (Å²) in [4.78, 5) is 0. The Bertz CT molecular complexity index is 111.